The Hall–Kier alpha value is -3.55. The molecule has 0 bridgehead atoms. The van der Waals surface area contributed by atoms with Crippen LogP contribution >= 0.6 is 0 Å². The Balaban J connectivity index is 1.30. The minimum atomic E-state index is -0.100. The molecular weight excluding hydrogens is 432 g/mol. The lowest BCUT2D eigenvalue weighted by Gasteiger charge is -2.33. The molecule has 3 aliphatic heterocycles. The van der Waals surface area contributed by atoms with E-state index in [2.05, 4.69) is 6.92 Å². The van der Waals surface area contributed by atoms with Crippen LogP contribution in [0.15, 0.2) is 42.5 Å². The van der Waals surface area contributed by atoms with Crippen LogP contribution in [0.5, 0.6) is 11.5 Å². The van der Waals surface area contributed by atoms with Crippen LogP contribution < -0.4 is 14.4 Å². The smallest absolute Gasteiger partial charge is 0.242 e. The summed E-state index contributed by atoms with van der Waals surface area (Å²) in [5.41, 5.74) is 2.58. The summed E-state index contributed by atoms with van der Waals surface area (Å²) >= 11 is 0. The molecule has 0 saturated carbocycles. The third-order valence-corrected chi connectivity index (χ3v) is 7.26. The molecule has 176 valence electrons. The second-order valence-electron chi connectivity index (χ2n) is 9.42. The van der Waals surface area contributed by atoms with Crippen molar-refractivity contribution >= 4 is 28.5 Å². The Kier molecular flexibility index (Phi) is 5.16. The predicted molar refractivity (Wildman–Crippen MR) is 127 cm³/mol. The molecule has 2 atom stereocenters. The zero-order chi connectivity index (χ0) is 23.2. The quantitative estimate of drug-likeness (QED) is 0.594. The number of ether oxygens (including phenoxy) is 2. The fourth-order valence-electron chi connectivity index (χ4n) is 5.45. The van der Waals surface area contributed by atoms with Gasteiger partial charge in [-0.15, -0.1) is 0 Å². The average molecular weight is 461 g/mol. The van der Waals surface area contributed by atoms with E-state index in [9.17, 15) is 9.59 Å². The highest BCUT2D eigenvalue weighted by atomic mass is 16.7. The number of hydrogen-bond acceptors (Lipinski definition) is 5. The van der Waals surface area contributed by atoms with E-state index in [1.807, 2.05) is 51.9 Å². The van der Waals surface area contributed by atoms with Gasteiger partial charge in [0, 0.05) is 43.2 Å². The maximum atomic E-state index is 13.3. The molecule has 6 rings (SSSR count). The molecule has 2 aromatic carbocycles. The molecule has 8 heteroatoms. The van der Waals surface area contributed by atoms with Gasteiger partial charge >= 0.3 is 0 Å². The van der Waals surface area contributed by atoms with E-state index in [1.165, 1.54) is 6.42 Å². The molecule has 2 amide bonds. The molecule has 3 aromatic rings. The zero-order valence-electron chi connectivity index (χ0n) is 19.3. The van der Waals surface area contributed by atoms with Crippen LogP contribution in [0.25, 0.3) is 11.0 Å². The highest BCUT2D eigenvalue weighted by Gasteiger charge is 2.36. The second kappa shape index (κ2) is 8.34. The van der Waals surface area contributed by atoms with Crippen molar-refractivity contribution < 1.29 is 19.1 Å². The number of para-hydroxylation sites is 2. The monoisotopic (exact) mass is 460 g/mol. The Bertz CT molecular complexity index is 1270. The van der Waals surface area contributed by atoms with Gasteiger partial charge in [0.1, 0.15) is 12.4 Å². The number of imidazole rings is 1. The Morgan fingerprint density at radius 1 is 1.12 bits per heavy atom. The fourth-order valence-corrected chi connectivity index (χ4v) is 5.45. The number of hydrogen-bond donors (Lipinski definition) is 0. The molecule has 3 aliphatic rings. The van der Waals surface area contributed by atoms with E-state index in [0.717, 1.165) is 41.9 Å². The Morgan fingerprint density at radius 3 is 2.85 bits per heavy atom. The molecule has 1 aromatic heterocycles. The lowest BCUT2D eigenvalue weighted by molar-refractivity contribution is -0.135. The maximum Gasteiger partial charge on any atom is 0.242 e. The van der Waals surface area contributed by atoms with Crippen LogP contribution in [0, 0.1) is 0 Å². The summed E-state index contributed by atoms with van der Waals surface area (Å²) < 4.78 is 12.9. The Morgan fingerprint density at radius 2 is 1.97 bits per heavy atom. The molecule has 2 fully saturated rings. The van der Waals surface area contributed by atoms with Gasteiger partial charge in [0.15, 0.2) is 11.5 Å². The van der Waals surface area contributed by atoms with Crippen molar-refractivity contribution in [1.82, 2.24) is 14.5 Å². The van der Waals surface area contributed by atoms with Crippen molar-refractivity contribution in [3.63, 3.8) is 0 Å². The summed E-state index contributed by atoms with van der Waals surface area (Å²) in [6, 6.07) is 13.7. The minimum Gasteiger partial charge on any atom is -0.454 e. The third-order valence-electron chi connectivity index (χ3n) is 7.26. The molecule has 8 nitrogen and oxygen atoms in total. The molecular formula is C26H28N4O4. The van der Waals surface area contributed by atoms with Gasteiger partial charge in [0.05, 0.1) is 11.0 Å². The Labute approximate surface area is 198 Å². The van der Waals surface area contributed by atoms with Crippen LogP contribution in [0.3, 0.4) is 0 Å². The van der Waals surface area contributed by atoms with Gasteiger partial charge in [-0.1, -0.05) is 12.1 Å². The van der Waals surface area contributed by atoms with Gasteiger partial charge in [-0.25, -0.2) is 4.98 Å². The summed E-state index contributed by atoms with van der Waals surface area (Å²) in [5, 5.41) is 0. The lowest BCUT2D eigenvalue weighted by Crippen LogP contribution is -2.43. The fraction of sp³-hybridized carbons (Fsp3) is 0.423. The maximum absolute atomic E-state index is 13.3. The van der Waals surface area contributed by atoms with Crippen molar-refractivity contribution in [3.8, 4) is 11.5 Å². The lowest BCUT2D eigenvalue weighted by atomic mass is 10.0. The summed E-state index contributed by atoms with van der Waals surface area (Å²) in [5.74, 6) is 2.21. The number of anilines is 1. The minimum absolute atomic E-state index is 0.0402. The number of likely N-dealkylation sites (tertiary alicyclic amines) is 1. The van der Waals surface area contributed by atoms with Crippen LogP contribution in [-0.4, -0.2) is 52.2 Å². The molecule has 0 spiro atoms. The number of piperidine rings is 1. The number of carbonyl (C=O) groups is 2. The van der Waals surface area contributed by atoms with Crippen LogP contribution in [0.4, 0.5) is 5.69 Å². The number of amides is 2. The summed E-state index contributed by atoms with van der Waals surface area (Å²) in [7, 11) is 0. The largest absolute Gasteiger partial charge is 0.454 e. The molecule has 0 radical (unpaired) electrons. The first-order valence-corrected chi connectivity index (χ1v) is 12.0. The number of benzene rings is 2. The van der Waals surface area contributed by atoms with E-state index in [4.69, 9.17) is 14.5 Å². The van der Waals surface area contributed by atoms with Crippen molar-refractivity contribution in [1.29, 1.82) is 0 Å². The van der Waals surface area contributed by atoms with Gasteiger partial charge in [0.2, 0.25) is 18.6 Å². The van der Waals surface area contributed by atoms with Gasteiger partial charge < -0.3 is 23.8 Å². The van der Waals surface area contributed by atoms with Crippen molar-refractivity contribution in [2.75, 3.05) is 24.8 Å². The van der Waals surface area contributed by atoms with Gasteiger partial charge in [0.25, 0.3) is 0 Å². The third kappa shape index (κ3) is 3.57. The first-order valence-electron chi connectivity index (χ1n) is 12.0. The van der Waals surface area contributed by atoms with Gasteiger partial charge in [-0.05, 0) is 50.5 Å². The van der Waals surface area contributed by atoms with Crippen LogP contribution in [0.1, 0.15) is 44.3 Å². The summed E-state index contributed by atoms with van der Waals surface area (Å²) in [6.07, 6.45) is 3.62. The topological polar surface area (TPSA) is 76.9 Å². The van der Waals surface area contributed by atoms with E-state index < -0.39 is 0 Å². The number of carbonyl (C=O) groups excluding carboxylic acids is 2. The van der Waals surface area contributed by atoms with E-state index in [0.29, 0.717) is 24.5 Å². The summed E-state index contributed by atoms with van der Waals surface area (Å²) in [6.45, 7) is 3.89. The molecule has 2 saturated heterocycles. The molecule has 0 aliphatic carbocycles. The van der Waals surface area contributed by atoms with E-state index >= 15 is 0 Å². The van der Waals surface area contributed by atoms with Crippen molar-refractivity contribution in [3.05, 3.63) is 48.3 Å². The molecule has 2 unspecified atom stereocenters. The zero-order valence-corrected chi connectivity index (χ0v) is 19.3. The first kappa shape index (κ1) is 21.0. The van der Waals surface area contributed by atoms with E-state index in [-0.39, 0.29) is 37.1 Å². The van der Waals surface area contributed by atoms with E-state index in [1.54, 1.807) is 4.90 Å². The van der Waals surface area contributed by atoms with Crippen molar-refractivity contribution in [2.45, 2.75) is 51.1 Å². The predicted octanol–water partition coefficient (Wildman–Crippen LogP) is 3.69. The summed E-state index contributed by atoms with van der Waals surface area (Å²) in [4.78, 5) is 35.0. The highest BCUT2D eigenvalue weighted by Crippen LogP contribution is 2.39. The second-order valence-corrected chi connectivity index (χ2v) is 9.42. The average Bonchev–Trinajstić information content (AvgIpc) is 3.56. The number of rotatable bonds is 4. The van der Waals surface area contributed by atoms with Crippen LogP contribution in [0.2, 0.25) is 0 Å². The van der Waals surface area contributed by atoms with Gasteiger partial charge in [-0.2, -0.15) is 0 Å². The number of aromatic nitrogens is 2. The molecule has 34 heavy (non-hydrogen) atoms. The molecule has 4 heterocycles. The van der Waals surface area contributed by atoms with Crippen molar-refractivity contribution in [2.24, 2.45) is 0 Å². The molecule has 0 N–H and O–H groups in total. The van der Waals surface area contributed by atoms with Gasteiger partial charge in [-0.3, -0.25) is 9.59 Å². The highest BCUT2D eigenvalue weighted by molar-refractivity contribution is 5.97. The number of nitrogens with zero attached hydrogens (tertiary/aromatic N) is 4. The SMILES string of the molecule is CC1CCCCN1C(=O)Cn1c(C2CC(=O)N(c3ccc4c(c3)OCO4)C2)nc2ccccc21. The normalized spacial score (nSPS) is 22.1. The first-order chi connectivity index (χ1) is 16.6. The standard InChI is InChI=1S/C26H28N4O4/c1-17-6-4-5-11-28(17)25(32)15-30-21-8-3-2-7-20(21)27-26(30)18-12-24(31)29(14-18)19-9-10-22-23(13-19)34-16-33-22/h2-3,7-10,13,17-18H,4-6,11-12,14-16H2,1H3. The van der Waals surface area contributed by atoms with Crippen LogP contribution in [-0.2, 0) is 16.1 Å². The number of fused-ring (bicyclic) bond motifs is 2.